The summed E-state index contributed by atoms with van der Waals surface area (Å²) in [7, 11) is -1.63. The van der Waals surface area contributed by atoms with E-state index >= 15 is 0 Å². The van der Waals surface area contributed by atoms with Gasteiger partial charge in [0.25, 0.3) is 5.91 Å². The first-order valence-corrected chi connectivity index (χ1v) is 9.88. The standard InChI is InChI=1S/C18H22N4O3S/c1-21-9-11-22(12-10-21)26(24,25)17-7-4-5-15(13-17)18(23)20-14-16-6-2-3-8-19-16/h2-8,13H,9-12,14H2,1H3,(H,20,23). The molecule has 1 fully saturated rings. The van der Waals surface area contributed by atoms with Crippen LogP contribution in [-0.2, 0) is 16.6 Å². The van der Waals surface area contributed by atoms with Crippen molar-refractivity contribution in [2.75, 3.05) is 33.2 Å². The zero-order valence-corrected chi connectivity index (χ0v) is 15.4. The second-order valence-electron chi connectivity index (χ2n) is 6.24. The van der Waals surface area contributed by atoms with E-state index in [9.17, 15) is 13.2 Å². The highest BCUT2D eigenvalue weighted by Crippen LogP contribution is 2.18. The second kappa shape index (κ2) is 7.94. The summed E-state index contributed by atoms with van der Waals surface area (Å²) >= 11 is 0. The highest BCUT2D eigenvalue weighted by Gasteiger charge is 2.27. The van der Waals surface area contributed by atoms with Gasteiger partial charge in [-0.3, -0.25) is 9.78 Å². The predicted octanol–water partition coefficient (Wildman–Crippen LogP) is 0.948. The summed E-state index contributed by atoms with van der Waals surface area (Å²) in [6, 6.07) is 11.6. The zero-order chi connectivity index (χ0) is 18.6. The first kappa shape index (κ1) is 18.5. The molecule has 0 spiro atoms. The molecule has 2 heterocycles. The van der Waals surface area contributed by atoms with E-state index in [1.54, 1.807) is 24.4 Å². The summed E-state index contributed by atoms with van der Waals surface area (Å²) in [6.07, 6.45) is 1.66. The van der Waals surface area contributed by atoms with Crippen LogP contribution in [0.2, 0.25) is 0 Å². The van der Waals surface area contributed by atoms with E-state index in [0.29, 0.717) is 31.7 Å². The number of benzene rings is 1. The summed E-state index contributed by atoms with van der Waals surface area (Å²) < 4.78 is 27.1. The third kappa shape index (κ3) is 4.27. The Bertz CT molecular complexity index is 863. The van der Waals surface area contributed by atoms with Gasteiger partial charge < -0.3 is 10.2 Å². The van der Waals surface area contributed by atoms with Crippen molar-refractivity contribution in [2.45, 2.75) is 11.4 Å². The Balaban J connectivity index is 1.72. The third-order valence-electron chi connectivity index (χ3n) is 4.35. The maximum absolute atomic E-state index is 12.8. The van der Waals surface area contributed by atoms with Crippen molar-refractivity contribution in [3.8, 4) is 0 Å². The van der Waals surface area contributed by atoms with Gasteiger partial charge in [-0.25, -0.2) is 8.42 Å². The molecule has 7 nitrogen and oxygen atoms in total. The van der Waals surface area contributed by atoms with Crippen LogP contribution in [0.25, 0.3) is 0 Å². The Morgan fingerprint density at radius 2 is 1.88 bits per heavy atom. The molecule has 1 aliphatic rings. The number of piperazine rings is 1. The number of likely N-dealkylation sites (N-methyl/N-ethyl adjacent to an activating group) is 1. The van der Waals surface area contributed by atoms with Crippen LogP contribution >= 0.6 is 0 Å². The SMILES string of the molecule is CN1CCN(S(=O)(=O)c2cccc(C(=O)NCc3ccccn3)c2)CC1. The highest BCUT2D eigenvalue weighted by molar-refractivity contribution is 7.89. The molecule has 1 amide bonds. The molecule has 3 rings (SSSR count). The van der Waals surface area contributed by atoms with Crippen LogP contribution < -0.4 is 5.32 Å². The van der Waals surface area contributed by atoms with Gasteiger partial charge in [0, 0.05) is 37.9 Å². The maximum atomic E-state index is 12.8. The van der Waals surface area contributed by atoms with Crippen LogP contribution in [0.15, 0.2) is 53.6 Å². The highest BCUT2D eigenvalue weighted by atomic mass is 32.2. The first-order valence-electron chi connectivity index (χ1n) is 8.44. The predicted molar refractivity (Wildman–Crippen MR) is 98.1 cm³/mol. The summed E-state index contributed by atoms with van der Waals surface area (Å²) in [4.78, 5) is 18.7. The van der Waals surface area contributed by atoms with E-state index in [2.05, 4.69) is 15.2 Å². The van der Waals surface area contributed by atoms with E-state index in [1.807, 2.05) is 19.2 Å². The van der Waals surface area contributed by atoms with Crippen molar-refractivity contribution in [1.29, 1.82) is 0 Å². The summed E-state index contributed by atoms with van der Waals surface area (Å²) in [6.45, 7) is 2.59. The lowest BCUT2D eigenvalue weighted by atomic mass is 10.2. The Morgan fingerprint density at radius 1 is 1.12 bits per heavy atom. The van der Waals surface area contributed by atoms with Crippen molar-refractivity contribution in [2.24, 2.45) is 0 Å². The minimum atomic E-state index is -3.59. The monoisotopic (exact) mass is 374 g/mol. The van der Waals surface area contributed by atoms with Crippen LogP contribution in [0, 0.1) is 0 Å². The van der Waals surface area contributed by atoms with E-state index in [-0.39, 0.29) is 17.3 Å². The van der Waals surface area contributed by atoms with Crippen molar-refractivity contribution >= 4 is 15.9 Å². The molecule has 1 N–H and O–H groups in total. The van der Waals surface area contributed by atoms with Gasteiger partial charge >= 0.3 is 0 Å². The third-order valence-corrected chi connectivity index (χ3v) is 6.25. The molecule has 0 unspecified atom stereocenters. The molecule has 0 bridgehead atoms. The smallest absolute Gasteiger partial charge is 0.251 e. The molecule has 0 aliphatic carbocycles. The van der Waals surface area contributed by atoms with Crippen molar-refractivity contribution < 1.29 is 13.2 Å². The number of sulfonamides is 1. The minimum absolute atomic E-state index is 0.146. The van der Waals surface area contributed by atoms with E-state index < -0.39 is 10.0 Å². The number of carbonyl (C=O) groups is 1. The summed E-state index contributed by atoms with van der Waals surface area (Å²) in [5.74, 6) is -0.328. The lowest BCUT2D eigenvalue weighted by Crippen LogP contribution is -2.47. The second-order valence-corrected chi connectivity index (χ2v) is 8.18. The molecule has 2 aromatic rings. The molecule has 0 saturated carbocycles. The fraction of sp³-hybridized carbons (Fsp3) is 0.333. The fourth-order valence-electron chi connectivity index (χ4n) is 2.75. The molecule has 8 heteroatoms. The lowest BCUT2D eigenvalue weighted by molar-refractivity contribution is 0.0950. The Kier molecular flexibility index (Phi) is 5.65. The Morgan fingerprint density at radius 3 is 2.58 bits per heavy atom. The van der Waals surface area contributed by atoms with Gasteiger partial charge in [0.05, 0.1) is 17.1 Å². The van der Waals surface area contributed by atoms with E-state index in [1.165, 1.54) is 16.4 Å². The number of aromatic nitrogens is 1. The van der Waals surface area contributed by atoms with Crippen LogP contribution in [0.1, 0.15) is 16.1 Å². The number of hydrogen-bond acceptors (Lipinski definition) is 5. The number of rotatable bonds is 5. The van der Waals surface area contributed by atoms with Crippen molar-refractivity contribution in [3.63, 3.8) is 0 Å². The molecule has 138 valence electrons. The van der Waals surface area contributed by atoms with Crippen LogP contribution in [0.3, 0.4) is 0 Å². The minimum Gasteiger partial charge on any atom is -0.346 e. The Hall–Kier alpha value is -2.29. The topological polar surface area (TPSA) is 82.6 Å². The normalized spacial score (nSPS) is 16.3. The van der Waals surface area contributed by atoms with Crippen LogP contribution in [0.5, 0.6) is 0 Å². The molecule has 1 aliphatic heterocycles. The van der Waals surface area contributed by atoms with Gasteiger partial charge in [-0.1, -0.05) is 12.1 Å². The van der Waals surface area contributed by atoms with Gasteiger partial charge in [-0.15, -0.1) is 0 Å². The number of nitrogens with one attached hydrogen (secondary N) is 1. The van der Waals surface area contributed by atoms with Crippen molar-refractivity contribution in [3.05, 3.63) is 59.9 Å². The number of hydrogen-bond donors (Lipinski definition) is 1. The quantitative estimate of drug-likeness (QED) is 0.843. The van der Waals surface area contributed by atoms with Crippen LogP contribution in [0.4, 0.5) is 0 Å². The van der Waals surface area contributed by atoms with Gasteiger partial charge in [-0.2, -0.15) is 4.31 Å². The molecule has 1 aromatic heterocycles. The summed E-state index contributed by atoms with van der Waals surface area (Å²) in [5, 5.41) is 2.76. The lowest BCUT2D eigenvalue weighted by Gasteiger charge is -2.31. The molecule has 1 aromatic carbocycles. The number of nitrogens with zero attached hydrogens (tertiary/aromatic N) is 3. The molecular formula is C18H22N4O3S. The maximum Gasteiger partial charge on any atom is 0.251 e. The van der Waals surface area contributed by atoms with E-state index in [0.717, 1.165) is 5.69 Å². The summed E-state index contributed by atoms with van der Waals surface area (Å²) in [5.41, 5.74) is 1.05. The van der Waals surface area contributed by atoms with E-state index in [4.69, 9.17) is 0 Å². The van der Waals surface area contributed by atoms with Gasteiger partial charge in [0.2, 0.25) is 10.0 Å². The number of carbonyl (C=O) groups excluding carboxylic acids is 1. The fourth-order valence-corrected chi connectivity index (χ4v) is 4.22. The average molecular weight is 374 g/mol. The molecule has 26 heavy (non-hydrogen) atoms. The molecule has 0 radical (unpaired) electrons. The Labute approximate surface area is 153 Å². The molecule has 0 atom stereocenters. The molecular weight excluding hydrogens is 352 g/mol. The van der Waals surface area contributed by atoms with Gasteiger partial charge in [0.15, 0.2) is 0 Å². The van der Waals surface area contributed by atoms with Crippen LogP contribution in [-0.4, -0.2) is 61.7 Å². The van der Waals surface area contributed by atoms with Gasteiger partial charge in [0.1, 0.15) is 0 Å². The average Bonchev–Trinajstić information content (AvgIpc) is 2.67. The largest absolute Gasteiger partial charge is 0.346 e. The zero-order valence-electron chi connectivity index (χ0n) is 14.6. The van der Waals surface area contributed by atoms with Crippen molar-refractivity contribution in [1.82, 2.24) is 19.5 Å². The van der Waals surface area contributed by atoms with Gasteiger partial charge in [-0.05, 0) is 37.4 Å². The molecule has 1 saturated heterocycles. The first-order chi connectivity index (χ1) is 12.5. The number of amides is 1. The number of pyridine rings is 1.